The third-order valence-corrected chi connectivity index (χ3v) is 4.61. The molecule has 134 valence electrons. The average Bonchev–Trinajstić information content (AvgIpc) is 3.11. The first-order valence-electron chi connectivity index (χ1n) is 9.04. The molecule has 3 rings (SSSR count). The van der Waals surface area contributed by atoms with Crippen molar-refractivity contribution in [1.82, 2.24) is 19.4 Å². The Morgan fingerprint density at radius 2 is 2.24 bits per heavy atom. The van der Waals surface area contributed by atoms with Crippen molar-refractivity contribution in [3.05, 3.63) is 48.3 Å². The van der Waals surface area contributed by atoms with Crippen molar-refractivity contribution < 1.29 is 9.53 Å². The van der Waals surface area contributed by atoms with Crippen LogP contribution in [0.15, 0.2) is 36.8 Å². The summed E-state index contributed by atoms with van der Waals surface area (Å²) in [5, 5.41) is 0. The van der Waals surface area contributed by atoms with E-state index in [9.17, 15) is 4.79 Å². The third kappa shape index (κ3) is 4.66. The maximum absolute atomic E-state index is 12.4. The summed E-state index contributed by atoms with van der Waals surface area (Å²) >= 11 is 0. The van der Waals surface area contributed by atoms with Crippen LogP contribution in [0.4, 0.5) is 0 Å². The number of aromatic nitrogens is 3. The quantitative estimate of drug-likeness (QED) is 0.725. The highest BCUT2D eigenvalue weighted by molar-refractivity contribution is 5.76. The molecule has 1 saturated heterocycles. The number of piperidine rings is 1. The second-order valence-electron chi connectivity index (χ2n) is 6.36. The van der Waals surface area contributed by atoms with Crippen molar-refractivity contribution >= 4 is 5.91 Å². The van der Waals surface area contributed by atoms with Gasteiger partial charge in [-0.1, -0.05) is 6.07 Å². The van der Waals surface area contributed by atoms with Gasteiger partial charge in [-0.05, 0) is 31.9 Å². The van der Waals surface area contributed by atoms with E-state index in [0.717, 1.165) is 37.4 Å². The zero-order chi connectivity index (χ0) is 17.5. The molecule has 25 heavy (non-hydrogen) atoms. The highest BCUT2D eigenvalue weighted by Crippen LogP contribution is 2.26. The summed E-state index contributed by atoms with van der Waals surface area (Å²) in [4.78, 5) is 23.3. The molecule has 0 radical (unpaired) electrons. The van der Waals surface area contributed by atoms with Crippen LogP contribution in [-0.4, -0.2) is 51.6 Å². The number of hydrogen-bond acceptors (Lipinski definition) is 4. The molecule has 1 aliphatic rings. The minimum atomic E-state index is 0.181. The van der Waals surface area contributed by atoms with Gasteiger partial charge in [0.2, 0.25) is 5.91 Å². The van der Waals surface area contributed by atoms with Crippen LogP contribution in [0.25, 0.3) is 0 Å². The summed E-state index contributed by atoms with van der Waals surface area (Å²) in [6.45, 7) is 5.39. The number of imidazole rings is 1. The molecule has 0 N–H and O–H groups in total. The van der Waals surface area contributed by atoms with Crippen molar-refractivity contribution in [3.8, 4) is 0 Å². The minimum Gasteiger partial charge on any atom is -0.381 e. The van der Waals surface area contributed by atoms with E-state index < -0.39 is 0 Å². The molecular weight excluding hydrogens is 316 g/mol. The van der Waals surface area contributed by atoms with E-state index in [1.54, 1.807) is 0 Å². The van der Waals surface area contributed by atoms with Crippen LogP contribution in [0.2, 0.25) is 0 Å². The molecular formula is C19H26N4O2. The smallest absolute Gasteiger partial charge is 0.224 e. The number of carbonyl (C=O) groups excluding carboxylic acids is 1. The van der Waals surface area contributed by atoms with E-state index in [4.69, 9.17) is 4.74 Å². The van der Waals surface area contributed by atoms with E-state index >= 15 is 0 Å². The fourth-order valence-corrected chi connectivity index (χ4v) is 3.36. The molecule has 1 atom stereocenters. The molecule has 2 aromatic rings. The zero-order valence-electron chi connectivity index (χ0n) is 14.8. The number of amides is 1. The lowest BCUT2D eigenvalue weighted by atomic mass is 9.96. The lowest BCUT2D eigenvalue weighted by Gasteiger charge is -2.32. The molecule has 1 aliphatic heterocycles. The fourth-order valence-electron chi connectivity index (χ4n) is 3.36. The first-order chi connectivity index (χ1) is 12.3. The Kier molecular flexibility index (Phi) is 6.17. The maximum atomic E-state index is 12.4. The molecule has 1 fully saturated rings. The van der Waals surface area contributed by atoms with Crippen LogP contribution in [-0.2, 0) is 16.1 Å². The summed E-state index contributed by atoms with van der Waals surface area (Å²) in [7, 11) is 0. The molecule has 0 aromatic carbocycles. The van der Waals surface area contributed by atoms with Gasteiger partial charge in [0.15, 0.2) is 0 Å². The van der Waals surface area contributed by atoms with E-state index in [1.165, 1.54) is 0 Å². The van der Waals surface area contributed by atoms with Gasteiger partial charge in [-0.15, -0.1) is 0 Å². The standard InChI is InChI=1S/C19H26N4O2/c1-2-25-13-8-18(24)22-11-5-6-16(14-22)19-21-10-12-23(19)15-17-7-3-4-9-20-17/h3-4,7,9-10,12,16H,2,5-6,8,11,13-15H2,1H3/t16-/m0/s1. The first-order valence-corrected chi connectivity index (χ1v) is 9.04. The average molecular weight is 342 g/mol. The molecule has 3 heterocycles. The van der Waals surface area contributed by atoms with E-state index in [2.05, 4.69) is 14.5 Å². The number of nitrogens with zero attached hydrogens (tertiary/aromatic N) is 4. The Hall–Kier alpha value is -2.21. The van der Waals surface area contributed by atoms with Crippen molar-refractivity contribution in [2.24, 2.45) is 0 Å². The normalized spacial score (nSPS) is 17.6. The van der Waals surface area contributed by atoms with Crippen molar-refractivity contribution in [3.63, 3.8) is 0 Å². The molecule has 0 spiro atoms. The first kappa shape index (κ1) is 17.6. The minimum absolute atomic E-state index is 0.181. The summed E-state index contributed by atoms with van der Waals surface area (Å²) in [6.07, 6.45) is 8.19. The molecule has 0 unspecified atom stereocenters. The van der Waals surface area contributed by atoms with Gasteiger partial charge in [0.1, 0.15) is 5.82 Å². The van der Waals surface area contributed by atoms with Crippen molar-refractivity contribution in [2.45, 2.75) is 38.6 Å². The summed E-state index contributed by atoms with van der Waals surface area (Å²) < 4.78 is 7.46. The van der Waals surface area contributed by atoms with Gasteiger partial charge in [0, 0.05) is 44.2 Å². The van der Waals surface area contributed by atoms with Crippen molar-refractivity contribution in [2.75, 3.05) is 26.3 Å². The number of likely N-dealkylation sites (tertiary alicyclic amines) is 1. The number of ether oxygens (including phenoxy) is 1. The Morgan fingerprint density at radius 1 is 1.32 bits per heavy atom. The van der Waals surface area contributed by atoms with Gasteiger partial charge < -0.3 is 14.2 Å². The molecule has 1 amide bonds. The summed E-state index contributed by atoms with van der Waals surface area (Å²) in [5.41, 5.74) is 1.02. The van der Waals surface area contributed by atoms with Crippen molar-refractivity contribution in [1.29, 1.82) is 0 Å². The molecule has 0 bridgehead atoms. The Balaban J connectivity index is 1.64. The second kappa shape index (κ2) is 8.76. The van der Waals surface area contributed by atoms with Gasteiger partial charge in [0.25, 0.3) is 0 Å². The Labute approximate surface area is 148 Å². The van der Waals surface area contributed by atoms with Gasteiger partial charge in [0.05, 0.1) is 25.3 Å². The van der Waals surface area contributed by atoms with Crippen LogP contribution in [0.5, 0.6) is 0 Å². The molecule has 6 heteroatoms. The van der Waals surface area contributed by atoms with E-state index in [0.29, 0.717) is 26.2 Å². The van der Waals surface area contributed by atoms with E-state index in [-0.39, 0.29) is 11.8 Å². The molecule has 6 nitrogen and oxygen atoms in total. The van der Waals surface area contributed by atoms with Crippen LogP contribution in [0.1, 0.15) is 43.6 Å². The third-order valence-electron chi connectivity index (χ3n) is 4.61. The van der Waals surface area contributed by atoms with Crippen LogP contribution in [0, 0.1) is 0 Å². The molecule has 2 aromatic heterocycles. The maximum Gasteiger partial charge on any atom is 0.224 e. The fraction of sp³-hybridized carbons (Fsp3) is 0.526. The van der Waals surface area contributed by atoms with E-state index in [1.807, 2.05) is 48.6 Å². The van der Waals surface area contributed by atoms with Gasteiger partial charge in [-0.25, -0.2) is 4.98 Å². The lowest BCUT2D eigenvalue weighted by Crippen LogP contribution is -2.40. The van der Waals surface area contributed by atoms with Crippen LogP contribution < -0.4 is 0 Å². The molecule has 0 aliphatic carbocycles. The highest BCUT2D eigenvalue weighted by Gasteiger charge is 2.27. The molecule has 0 saturated carbocycles. The number of carbonyl (C=O) groups is 1. The Bertz CT molecular complexity index is 671. The predicted octanol–water partition coefficient (Wildman–Crippen LogP) is 2.46. The lowest BCUT2D eigenvalue weighted by molar-refractivity contribution is -0.133. The van der Waals surface area contributed by atoms with Gasteiger partial charge in [-0.3, -0.25) is 9.78 Å². The predicted molar refractivity (Wildman–Crippen MR) is 95.2 cm³/mol. The highest BCUT2D eigenvalue weighted by atomic mass is 16.5. The van der Waals surface area contributed by atoms with Gasteiger partial charge in [-0.2, -0.15) is 0 Å². The monoisotopic (exact) mass is 342 g/mol. The number of pyridine rings is 1. The van der Waals surface area contributed by atoms with Gasteiger partial charge >= 0.3 is 0 Å². The largest absolute Gasteiger partial charge is 0.381 e. The summed E-state index contributed by atoms with van der Waals surface area (Å²) in [5.74, 6) is 1.51. The SMILES string of the molecule is CCOCCC(=O)N1CCC[C@H](c2nccn2Cc2ccccn2)C1. The second-order valence-corrected chi connectivity index (χ2v) is 6.36. The number of rotatable bonds is 7. The zero-order valence-corrected chi connectivity index (χ0v) is 14.8. The number of hydrogen-bond donors (Lipinski definition) is 0. The summed E-state index contributed by atoms with van der Waals surface area (Å²) in [6, 6.07) is 5.94. The Morgan fingerprint density at radius 3 is 3.04 bits per heavy atom. The van der Waals surface area contributed by atoms with Crippen LogP contribution in [0.3, 0.4) is 0 Å². The van der Waals surface area contributed by atoms with Crippen LogP contribution >= 0.6 is 0 Å². The topological polar surface area (TPSA) is 60.2 Å².